The number of furan rings is 1. The summed E-state index contributed by atoms with van der Waals surface area (Å²) in [6.07, 6.45) is 1.94. The van der Waals surface area contributed by atoms with E-state index in [1.165, 1.54) is 36.4 Å². The van der Waals surface area contributed by atoms with Crippen molar-refractivity contribution in [2.75, 3.05) is 0 Å². The molecule has 8 heteroatoms. The van der Waals surface area contributed by atoms with Crippen molar-refractivity contribution < 1.29 is 28.2 Å². The van der Waals surface area contributed by atoms with Gasteiger partial charge in [0.2, 0.25) is 5.76 Å². The predicted molar refractivity (Wildman–Crippen MR) is 110 cm³/mol. The maximum absolute atomic E-state index is 13.1. The summed E-state index contributed by atoms with van der Waals surface area (Å²) >= 11 is 0. The minimum Gasteiger partial charge on any atom is -0.507 e. The number of halogens is 1. The normalized spacial score (nSPS) is 14.2. The summed E-state index contributed by atoms with van der Waals surface area (Å²) in [7, 11) is 0. The van der Waals surface area contributed by atoms with E-state index in [0.717, 1.165) is 6.42 Å². The molecule has 0 fully saturated rings. The lowest BCUT2D eigenvalue weighted by molar-refractivity contribution is 0.0698. The summed E-state index contributed by atoms with van der Waals surface area (Å²) in [6.45, 7) is 1.72. The van der Waals surface area contributed by atoms with Gasteiger partial charge < -0.3 is 14.3 Å². The number of benzene rings is 2. The summed E-state index contributed by atoms with van der Waals surface area (Å²) in [4.78, 5) is 24.9. The first-order chi connectivity index (χ1) is 14.9. The van der Waals surface area contributed by atoms with E-state index in [2.05, 4.69) is 10.5 Å². The number of phenolic OH excluding ortho intramolecular Hbond substituents is 1. The van der Waals surface area contributed by atoms with Crippen LogP contribution in [0.15, 0.2) is 58.0 Å². The number of hydrogen-bond acceptors (Lipinski definition) is 6. The van der Waals surface area contributed by atoms with Crippen molar-refractivity contribution in [3.05, 3.63) is 82.6 Å². The van der Waals surface area contributed by atoms with E-state index >= 15 is 0 Å². The highest BCUT2D eigenvalue weighted by atomic mass is 19.1. The number of hydrogen-bond donors (Lipinski definition) is 2. The SMILES string of the molecule is Cc1c(C(=O)Oc2ccc(F)cc2)oc2c1/C(=N/NC(=O)c1ccccc1O)CCC2. The first-order valence-corrected chi connectivity index (χ1v) is 9.69. The Morgan fingerprint density at radius 3 is 2.61 bits per heavy atom. The number of phenols is 1. The van der Waals surface area contributed by atoms with Crippen LogP contribution in [0.1, 0.15) is 50.6 Å². The lowest BCUT2D eigenvalue weighted by atomic mass is 9.93. The van der Waals surface area contributed by atoms with Crippen LogP contribution in [0.25, 0.3) is 0 Å². The molecule has 1 aliphatic carbocycles. The molecule has 0 atom stereocenters. The van der Waals surface area contributed by atoms with E-state index in [1.54, 1.807) is 19.1 Å². The number of carbonyl (C=O) groups is 2. The van der Waals surface area contributed by atoms with Gasteiger partial charge in [0.25, 0.3) is 5.91 Å². The number of aromatic hydroxyl groups is 1. The molecule has 0 unspecified atom stereocenters. The Kier molecular flexibility index (Phi) is 5.53. The maximum atomic E-state index is 13.1. The molecule has 0 saturated carbocycles. The van der Waals surface area contributed by atoms with Gasteiger partial charge in [-0.25, -0.2) is 14.6 Å². The van der Waals surface area contributed by atoms with Gasteiger partial charge in [0.05, 0.1) is 11.3 Å². The second-order valence-electron chi connectivity index (χ2n) is 7.07. The summed E-state index contributed by atoms with van der Waals surface area (Å²) in [5.41, 5.74) is 4.35. The zero-order valence-corrected chi connectivity index (χ0v) is 16.6. The number of carbonyl (C=O) groups excluding carboxylic acids is 2. The second kappa shape index (κ2) is 8.43. The minimum absolute atomic E-state index is 0.0379. The molecular formula is C23H19FN2O5. The number of rotatable bonds is 4. The molecule has 0 saturated heterocycles. The highest BCUT2D eigenvalue weighted by Crippen LogP contribution is 2.30. The molecule has 3 aromatic rings. The molecule has 0 radical (unpaired) electrons. The maximum Gasteiger partial charge on any atom is 0.379 e. The molecule has 31 heavy (non-hydrogen) atoms. The van der Waals surface area contributed by atoms with Crippen molar-refractivity contribution in [2.45, 2.75) is 26.2 Å². The highest BCUT2D eigenvalue weighted by molar-refractivity contribution is 6.07. The fraction of sp³-hybridized carbons (Fsp3) is 0.174. The molecule has 7 nitrogen and oxygen atoms in total. The third kappa shape index (κ3) is 4.18. The van der Waals surface area contributed by atoms with E-state index in [-0.39, 0.29) is 22.8 Å². The van der Waals surface area contributed by atoms with Gasteiger partial charge in [-0.3, -0.25) is 4.79 Å². The topological polar surface area (TPSA) is 101 Å². The van der Waals surface area contributed by atoms with Crippen LogP contribution in [0, 0.1) is 12.7 Å². The highest BCUT2D eigenvalue weighted by Gasteiger charge is 2.29. The van der Waals surface area contributed by atoms with E-state index in [1.807, 2.05) is 0 Å². The Bertz CT molecular complexity index is 1180. The average Bonchev–Trinajstić information content (AvgIpc) is 3.11. The van der Waals surface area contributed by atoms with Gasteiger partial charge in [-0.05, 0) is 56.2 Å². The zero-order chi connectivity index (χ0) is 22.0. The average molecular weight is 422 g/mol. The Balaban J connectivity index is 1.57. The first-order valence-electron chi connectivity index (χ1n) is 9.69. The fourth-order valence-electron chi connectivity index (χ4n) is 3.47. The molecule has 2 N–H and O–H groups in total. The van der Waals surface area contributed by atoms with Crippen molar-refractivity contribution in [1.82, 2.24) is 5.43 Å². The Morgan fingerprint density at radius 1 is 1.13 bits per heavy atom. The van der Waals surface area contributed by atoms with E-state index in [4.69, 9.17) is 9.15 Å². The van der Waals surface area contributed by atoms with E-state index < -0.39 is 17.7 Å². The van der Waals surface area contributed by atoms with Crippen LogP contribution in [0.3, 0.4) is 0 Å². The largest absolute Gasteiger partial charge is 0.507 e. The molecule has 1 aromatic heterocycles. The van der Waals surface area contributed by atoms with Gasteiger partial charge >= 0.3 is 5.97 Å². The van der Waals surface area contributed by atoms with E-state index in [0.29, 0.717) is 35.4 Å². The lowest BCUT2D eigenvalue weighted by Crippen LogP contribution is -2.22. The van der Waals surface area contributed by atoms with Crippen molar-refractivity contribution in [3.8, 4) is 11.5 Å². The van der Waals surface area contributed by atoms with Crippen LogP contribution in [0.5, 0.6) is 11.5 Å². The van der Waals surface area contributed by atoms with Gasteiger partial charge in [0, 0.05) is 17.5 Å². The van der Waals surface area contributed by atoms with Gasteiger partial charge in [-0.15, -0.1) is 0 Å². The number of para-hydroxylation sites is 1. The Morgan fingerprint density at radius 2 is 1.87 bits per heavy atom. The molecule has 0 bridgehead atoms. The molecule has 1 aliphatic rings. The third-order valence-electron chi connectivity index (χ3n) is 4.98. The fourth-order valence-corrected chi connectivity index (χ4v) is 3.47. The van der Waals surface area contributed by atoms with Crippen LogP contribution in [-0.2, 0) is 6.42 Å². The summed E-state index contributed by atoms with van der Waals surface area (Å²) in [5.74, 6) is -0.998. The van der Waals surface area contributed by atoms with Gasteiger partial charge in [-0.2, -0.15) is 5.10 Å². The Labute approximate surface area is 177 Å². The van der Waals surface area contributed by atoms with Crippen LogP contribution in [0.2, 0.25) is 0 Å². The number of fused-ring (bicyclic) bond motifs is 1. The molecule has 0 aliphatic heterocycles. The number of hydrazone groups is 1. The van der Waals surface area contributed by atoms with Gasteiger partial charge in [0.15, 0.2) is 0 Å². The number of aryl methyl sites for hydroxylation is 1. The minimum atomic E-state index is -0.698. The van der Waals surface area contributed by atoms with Crippen LogP contribution in [0.4, 0.5) is 4.39 Å². The summed E-state index contributed by atoms with van der Waals surface area (Å²) in [5, 5.41) is 14.0. The molecule has 4 rings (SSSR count). The molecule has 1 amide bonds. The molecule has 2 aromatic carbocycles. The third-order valence-corrected chi connectivity index (χ3v) is 4.98. The number of esters is 1. The summed E-state index contributed by atoms with van der Waals surface area (Å²) in [6, 6.07) is 11.3. The predicted octanol–water partition coefficient (Wildman–Crippen LogP) is 4.12. The summed E-state index contributed by atoms with van der Waals surface area (Å²) < 4.78 is 24.1. The van der Waals surface area contributed by atoms with Crippen molar-refractivity contribution >= 4 is 17.6 Å². The number of ether oxygens (including phenoxy) is 1. The number of amides is 1. The smallest absolute Gasteiger partial charge is 0.379 e. The lowest BCUT2D eigenvalue weighted by Gasteiger charge is -2.13. The van der Waals surface area contributed by atoms with Crippen LogP contribution in [-0.4, -0.2) is 22.7 Å². The zero-order valence-electron chi connectivity index (χ0n) is 16.6. The second-order valence-corrected chi connectivity index (χ2v) is 7.07. The van der Waals surface area contributed by atoms with Gasteiger partial charge in [0.1, 0.15) is 23.1 Å². The monoisotopic (exact) mass is 422 g/mol. The van der Waals surface area contributed by atoms with Crippen LogP contribution < -0.4 is 10.2 Å². The Hall–Kier alpha value is -3.94. The van der Waals surface area contributed by atoms with Gasteiger partial charge in [-0.1, -0.05) is 12.1 Å². The molecule has 158 valence electrons. The quantitative estimate of drug-likeness (QED) is 0.374. The molecule has 0 spiro atoms. The number of nitrogens with one attached hydrogen (secondary N) is 1. The van der Waals surface area contributed by atoms with Crippen molar-refractivity contribution in [3.63, 3.8) is 0 Å². The van der Waals surface area contributed by atoms with E-state index in [9.17, 15) is 19.1 Å². The molecule has 1 heterocycles. The molecular weight excluding hydrogens is 403 g/mol. The van der Waals surface area contributed by atoms with Crippen molar-refractivity contribution in [1.29, 1.82) is 0 Å². The first kappa shape index (κ1) is 20.3. The standard InChI is InChI=1S/C23H19FN2O5/c1-13-20-17(25-26-22(28)16-5-2-3-7-18(16)27)6-4-8-19(20)31-21(13)23(29)30-15-11-9-14(24)10-12-15/h2-3,5,7,9-12,27H,4,6,8H2,1H3,(H,26,28)/b25-17+. The number of nitrogens with zero attached hydrogens (tertiary/aromatic N) is 1. The van der Waals surface area contributed by atoms with Crippen molar-refractivity contribution in [2.24, 2.45) is 5.10 Å². The van der Waals surface area contributed by atoms with Crippen LogP contribution >= 0.6 is 0 Å².